The summed E-state index contributed by atoms with van der Waals surface area (Å²) in [6.07, 6.45) is 0. The van der Waals surface area contributed by atoms with Gasteiger partial charge >= 0.3 is 0 Å². The maximum atomic E-state index is 5.10. The number of fused-ring (bicyclic) bond motifs is 2. The summed E-state index contributed by atoms with van der Waals surface area (Å²) in [6, 6.07) is 79.4. The van der Waals surface area contributed by atoms with Gasteiger partial charge in [0.05, 0.1) is 17.1 Å². The van der Waals surface area contributed by atoms with Gasteiger partial charge in [0, 0.05) is 33.5 Å². The second-order valence-electron chi connectivity index (χ2n) is 14.2. The van der Waals surface area contributed by atoms with Gasteiger partial charge in [-0.3, -0.25) is 0 Å². The van der Waals surface area contributed by atoms with Crippen molar-refractivity contribution in [2.75, 3.05) is 4.90 Å². The summed E-state index contributed by atoms with van der Waals surface area (Å²) in [5.41, 5.74) is 12.9. The van der Waals surface area contributed by atoms with E-state index >= 15 is 0 Å². The highest BCUT2D eigenvalue weighted by molar-refractivity contribution is 5.99. The minimum Gasteiger partial charge on any atom is -0.310 e. The Morgan fingerprint density at radius 1 is 0.298 bits per heavy atom. The average Bonchev–Trinajstić information content (AvgIpc) is 3.30. The first kappa shape index (κ1) is 33.9. The minimum absolute atomic E-state index is 0.709. The fourth-order valence-electron chi connectivity index (χ4n) is 7.80. The standard InChI is InChI=1S/C54H37N3/c1-3-13-38(14-4-1)40-29-33-46(34-30-40)57(53-24-12-20-43-16-8-10-22-49(43)53)47-35-31-41(32-36-47)39-25-27-44(28-26-39)51-37-52(56-54(55-51)45-17-5-2-6-18-45)50-23-11-19-42-15-7-9-21-48(42)50/h1-37H. The molecule has 0 aliphatic carbocycles. The number of nitrogens with zero attached hydrogens (tertiary/aromatic N) is 3. The first-order valence-electron chi connectivity index (χ1n) is 19.3. The molecule has 0 bridgehead atoms. The summed E-state index contributed by atoms with van der Waals surface area (Å²) in [7, 11) is 0. The lowest BCUT2D eigenvalue weighted by Gasteiger charge is -2.27. The third-order valence-corrected chi connectivity index (χ3v) is 10.7. The van der Waals surface area contributed by atoms with Crippen molar-refractivity contribution in [3.8, 4) is 56.2 Å². The first-order chi connectivity index (χ1) is 28.2. The summed E-state index contributed by atoms with van der Waals surface area (Å²) in [5.74, 6) is 0.709. The molecule has 10 rings (SSSR count). The second kappa shape index (κ2) is 14.9. The number of benzene rings is 9. The lowest BCUT2D eigenvalue weighted by atomic mass is 9.99. The average molecular weight is 728 g/mol. The third kappa shape index (κ3) is 6.73. The molecule has 0 spiro atoms. The van der Waals surface area contributed by atoms with Crippen LogP contribution in [0.4, 0.5) is 17.1 Å². The van der Waals surface area contributed by atoms with Gasteiger partial charge in [0.1, 0.15) is 0 Å². The summed E-state index contributed by atoms with van der Waals surface area (Å²) in [6.45, 7) is 0. The Morgan fingerprint density at radius 3 is 1.37 bits per heavy atom. The molecule has 9 aromatic carbocycles. The SMILES string of the molecule is c1ccc(-c2ccc(N(c3ccc(-c4ccc(-c5cc(-c6cccc7ccccc67)nc(-c6ccccc6)n5)cc4)cc3)c3cccc4ccccc34)cc2)cc1. The highest BCUT2D eigenvalue weighted by atomic mass is 15.1. The Morgan fingerprint density at radius 2 is 0.737 bits per heavy atom. The van der Waals surface area contributed by atoms with Gasteiger partial charge < -0.3 is 4.90 Å². The molecule has 0 N–H and O–H groups in total. The van der Waals surface area contributed by atoms with Crippen molar-refractivity contribution in [2.45, 2.75) is 0 Å². The molecular weight excluding hydrogens is 691 g/mol. The largest absolute Gasteiger partial charge is 0.310 e. The molecule has 268 valence electrons. The van der Waals surface area contributed by atoms with Gasteiger partial charge in [0.25, 0.3) is 0 Å². The molecule has 57 heavy (non-hydrogen) atoms. The number of anilines is 3. The predicted molar refractivity (Wildman–Crippen MR) is 239 cm³/mol. The molecule has 0 aliphatic heterocycles. The zero-order valence-corrected chi connectivity index (χ0v) is 31.2. The molecular formula is C54H37N3. The topological polar surface area (TPSA) is 29.0 Å². The van der Waals surface area contributed by atoms with E-state index in [-0.39, 0.29) is 0 Å². The van der Waals surface area contributed by atoms with Gasteiger partial charge in [0.2, 0.25) is 0 Å². The van der Waals surface area contributed by atoms with E-state index in [0.29, 0.717) is 5.82 Å². The quantitative estimate of drug-likeness (QED) is 0.156. The van der Waals surface area contributed by atoms with Crippen molar-refractivity contribution in [1.82, 2.24) is 9.97 Å². The molecule has 3 nitrogen and oxygen atoms in total. The molecule has 0 aliphatic rings. The van der Waals surface area contributed by atoms with Crippen LogP contribution >= 0.6 is 0 Å². The van der Waals surface area contributed by atoms with E-state index in [4.69, 9.17) is 9.97 Å². The van der Waals surface area contributed by atoms with Crippen LogP contribution in [0, 0.1) is 0 Å². The minimum atomic E-state index is 0.709. The zero-order valence-electron chi connectivity index (χ0n) is 31.2. The van der Waals surface area contributed by atoms with Gasteiger partial charge in [-0.05, 0) is 74.8 Å². The third-order valence-electron chi connectivity index (χ3n) is 10.7. The van der Waals surface area contributed by atoms with Gasteiger partial charge in [-0.25, -0.2) is 9.97 Å². The van der Waals surface area contributed by atoms with Gasteiger partial charge in [-0.2, -0.15) is 0 Å². The van der Waals surface area contributed by atoms with Gasteiger partial charge in [-0.1, -0.05) is 188 Å². The predicted octanol–water partition coefficient (Wildman–Crippen LogP) is 14.6. The molecule has 1 aromatic heterocycles. The van der Waals surface area contributed by atoms with Crippen molar-refractivity contribution in [3.63, 3.8) is 0 Å². The first-order valence-corrected chi connectivity index (χ1v) is 19.3. The maximum absolute atomic E-state index is 5.10. The van der Waals surface area contributed by atoms with Gasteiger partial charge in [0.15, 0.2) is 5.82 Å². The van der Waals surface area contributed by atoms with Gasteiger partial charge in [-0.15, -0.1) is 0 Å². The van der Waals surface area contributed by atoms with Crippen LogP contribution in [0.3, 0.4) is 0 Å². The van der Waals surface area contributed by atoms with Crippen LogP contribution < -0.4 is 4.90 Å². The van der Waals surface area contributed by atoms with E-state index in [1.54, 1.807) is 0 Å². The van der Waals surface area contributed by atoms with E-state index in [9.17, 15) is 0 Å². The van der Waals surface area contributed by atoms with E-state index in [1.165, 1.54) is 32.7 Å². The fourth-order valence-corrected chi connectivity index (χ4v) is 7.80. The van der Waals surface area contributed by atoms with Crippen molar-refractivity contribution < 1.29 is 0 Å². The molecule has 3 heteroatoms. The monoisotopic (exact) mass is 727 g/mol. The van der Waals surface area contributed by atoms with Crippen LogP contribution in [-0.2, 0) is 0 Å². The normalized spacial score (nSPS) is 11.2. The van der Waals surface area contributed by atoms with Crippen LogP contribution in [0.25, 0.3) is 77.7 Å². The Hall–Kier alpha value is -7.62. The molecule has 10 aromatic rings. The Bertz CT molecular complexity index is 2960. The Kier molecular flexibility index (Phi) is 8.86. The molecule has 1 heterocycles. The Balaban J connectivity index is 1.00. The van der Waals surface area contributed by atoms with E-state index in [1.807, 2.05) is 18.2 Å². The van der Waals surface area contributed by atoms with Crippen LogP contribution in [-0.4, -0.2) is 9.97 Å². The van der Waals surface area contributed by atoms with Crippen molar-refractivity contribution in [1.29, 1.82) is 0 Å². The molecule has 0 saturated heterocycles. The lowest BCUT2D eigenvalue weighted by molar-refractivity contribution is 1.18. The maximum Gasteiger partial charge on any atom is 0.160 e. The molecule has 0 atom stereocenters. The molecule has 0 amide bonds. The zero-order chi connectivity index (χ0) is 38.0. The summed E-state index contributed by atoms with van der Waals surface area (Å²) < 4.78 is 0. The highest BCUT2D eigenvalue weighted by Gasteiger charge is 2.17. The fraction of sp³-hybridized carbons (Fsp3) is 0. The molecule has 0 saturated carbocycles. The van der Waals surface area contributed by atoms with E-state index < -0.39 is 0 Å². The van der Waals surface area contributed by atoms with Crippen molar-refractivity contribution >= 4 is 38.6 Å². The highest BCUT2D eigenvalue weighted by Crippen LogP contribution is 2.40. The van der Waals surface area contributed by atoms with Crippen LogP contribution in [0.5, 0.6) is 0 Å². The molecule has 0 radical (unpaired) electrons. The molecule has 0 fully saturated rings. The summed E-state index contributed by atoms with van der Waals surface area (Å²) in [4.78, 5) is 12.6. The molecule has 0 unspecified atom stereocenters. The number of hydrogen-bond acceptors (Lipinski definition) is 3. The van der Waals surface area contributed by atoms with Crippen molar-refractivity contribution in [3.05, 3.63) is 224 Å². The lowest BCUT2D eigenvalue weighted by Crippen LogP contribution is -2.10. The van der Waals surface area contributed by atoms with E-state index in [2.05, 4.69) is 211 Å². The number of rotatable bonds is 8. The number of hydrogen-bond donors (Lipinski definition) is 0. The van der Waals surface area contributed by atoms with Crippen LogP contribution in [0.1, 0.15) is 0 Å². The van der Waals surface area contributed by atoms with Crippen LogP contribution in [0.2, 0.25) is 0 Å². The second-order valence-corrected chi connectivity index (χ2v) is 14.2. The summed E-state index contributed by atoms with van der Waals surface area (Å²) >= 11 is 0. The number of aromatic nitrogens is 2. The van der Waals surface area contributed by atoms with E-state index in [0.717, 1.165) is 56.3 Å². The van der Waals surface area contributed by atoms with Crippen LogP contribution in [0.15, 0.2) is 224 Å². The smallest absolute Gasteiger partial charge is 0.160 e. The summed E-state index contributed by atoms with van der Waals surface area (Å²) in [5, 5.41) is 4.77. The van der Waals surface area contributed by atoms with Crippen molar-refractivity contribution in [2.24, 2.45) is 0 Å². The Labute approximate surface area is 332 Å².